The Balaban J connectivity index is 1.76. The summed E-state index contributed by atoms with van der Waals surface area (Å²) in [5.74, 6) is 2.32. The fourth-order valence-corrected chi connectivity index (χ4v) is 3.82. The maximum Gasteiger partial charge on any atom is 0.261 e. The molecule has 0 aliphatic heterocycles. The topological polar surface area (TPSA) is 38.3 Å². The summed E-state index contributed by atoms with van der Waals surface area (Å²) in [6.45, 7) is 9.09. The van der Waals surface area contributed by atoms with Crippen LogP contribution < -0.4 is 10.1 Å². The summed E-state index contributed by atoms with van der Waals surface area (Å²) >= 11 is 7.91. The van der Waals surface area contributed by atoms with Crippen LogP contribution in [0.4, 0.5) is 0 Å². The van der Waals surface area contributed by atoms with Crippen molar-refractivity contribution in [2.45, 2.75) is 51.4 Å². The number of nitrogens with one attached hydrogen (secondary N) is 1. The monoisotopic (exact) mass is 419 g/mol. The average Bonchev–Trinajstić information content (AvgIpc) is 2.66. The maximum absolute atomic E-state index is 12.4. The van der Waals surface area contributed by atoms with Crippen molar-refractivity contribution in [2.24, 2.45) is 0 Å². The van der Waals surface area contributed by atoms with Gasteiger partial charge in [-0.05, 0) is 41.2 Å². The third-order valence-electron chi connectivity index (χ3n) is 4.42. The fraction of sp³-hybridized carbons (Fsp3) is 0.435. The van der Waals surface area contributed by atoms with Gasteiger partial charge in [-0.25, -0.2) is 0 Å². The highest BCUT2D eigenvalue weighted by Crippen LogP contribution is 2.25. The molecule has 0 unspecified atom stereocenters. The lowest BCUT2D eigenvalue weighted by Gasteiger charge is -2.21. The lowest BCUT2D eigenvalue weighted by atomic mass is 9.87. The summed E-state index contributed by atoms with van der Waals surface area (Å²) in [6.07, 6.45) is 0.147. The molecule has 0 aromatic heterocycles. The first-order valence-corrected chi connectivity index (χ1v) is 11.2. The lowest BCUT2D eigenvalue weighted by Crippen LogP contribution is -2.39. The summed E-state index contributed by atoms with van der Waals surface area (Å²) in [6, 6.07) is 15.8. The normalized spacial score (nSPS) is 12.5. The molecule has 0 fully saturated rings. The quantitative estimate of drug-likeness (QED) is 0.518. The number of amides is 1. The Morgan fingerprint density at radius 3 is 2.43 bits per heavy atom. The van der Waals surface area contributed by atoms with Crippen molar-refractivity contribution in [2.75, 3.05) is 12.3 Å². The Morgan fingerprint density at radius 2 is 1.82 bits per heavy atom. The molecule has 3 nitrogen and oxygen atoms in total. The van der Waals surface area contributed by atoms with Gasteiger partial charge in [-0.2, -0.15) is 11.8 Å². The van der Waals surface area contributed by atoms with Gasteiger partial charge in [0, 0.05) is 23.1 Å². The van der Waals surface area contributed by atoms with Gasteiger partial charge in [-0.3, -0.25) is 4.79 Å². The molecule has 0 heterocycles. The van der Waals surface area contributed by atoms with Gasteiger partial charge in [-0.1, -0.05) is 69.6 Å². The number of hydrogen-bond donors (Lipinski definition) is 1. The van der Waals surface area contributed by atoms with Crippen molar-refractivity contribution in [1.82, 2.24) is 5.32 Å². The maximum atomic E-state index is 12.4. The van der Waals surface area contributed by atoms with E-state index in [1.54, 1.807) is 11.8 Å². The van der Waals surface area contributed by atoms with E-state index in [1.165, 1.54) is 5.56 Å². The molecule has 0 radical (unpaired) electrons. The van der Waals surface area contributed by atoms with Crippen molar-refractivity contribution in [3.8, 4) is 5.75 Å². The number of halogens is 1. The van der Waals surface area contributed by atoms with Crippen molar-refractivity contribution in [3.05, 3.63) is 64.7 Å². The highest BCUT2D eigenvalue weighted by molar-refractivity contribution is 7.98. The zero-order valence-electron chi connectivity index (χ0n) is 17.1. The predicted octanol–water partition coefficient (Wildman–Crippen LogP) is 5.84. The standard InChI is InChI=1S/C23H30ClNO2S/c1-5-21(27-19-12-10-18(11-13-19)23(2,3)4)22(26)25-14-15-28-16-17-8-6-7-9-20(17)24/h6-13,21H,5,14-16H2,1-4H3,(H,25,26)/t21-/m0/s1. The highest BCUT2D eigenvalue weighted by atomic mass is 35.5. The van der Waals surface area contributed by atoms with E-state index in [-0.39, 0.29) is 11.3 Å². The minimum atomic E-state index is -0.478. The molecular formula is C23H30ClNO2S. The minimum Gasteiger partial charge on any atom is -0.481 e. The molecule has 1 amide bonds. The fourth-order valence-electron chi connectivity index (χ4n) is 2.68. The van der Waals surface area contributed by atoms with Crippen LogP contribution in [0.2, 0.25) is 5.02 Å². The van der Waals surface area contributed by atoms with E-state index < -0.39 is 6.10 Å². The molecule has 0 saturated carbocycles. The molecule has 0 saturated heterocycles. The number of ether oxygens (including phenoxy) is 1. The largest absolute Gasteiger partial charge is 0.481 e. The molecule has 2 rings (SSSR count). The van der Waals surface area contributed by atoms with E-state index in [0.29, 0.717) is 13.0 Å². The summed E-state index contributed by atoms with van der Waals surface area (Å²) in [5, 5.41) is 3.76. The summed E-state index contributed by atoms with van der Waals surface area (Å²) in [5.41, 5.74) is 2.46. The molecule has 2 aromatic carbocycles. The van der Waals surface area contributed by atoms with Crippen LogP contribution >= 0.6 is 23.4 Å². The number of hydrogen-bond acceptors (Lipinski definition) is 3. The Hall–Kier alpha value is -1.65. The number of carbonyl (C=O) groups is 1. The first-order chi connectivity index (χ1) is 13.3. The molecule has 152 valence electrons. The lowest BCUT2D eigenvalue weighted by molar-refractivity contribution is -0.127. The van der Waals surface area contributed by atoms with Gasteiger partial charge in [0.2, 0.25) is 0 Å². The molecular weight excluding hydrogens is 390 g/mol. The molecule has 0 spiro atoms. The summed E-state index contributed by atoms with van der Waals surface area (Å²) in [7, 11) is 0. The molecule has 0 aliphatic carbocycles. The van der Waals surface area contributed by atoms with Gasteiger partial charge in [-0.15, -0.1) is 0 Å². The van der Waals surface area contributed by atoms with Gasteiger partial charge in [0.25, 0.3) is 5.91 Å². The minimum absolute atomic E-state index is 0.0688. The van der Waals surface area contributed by atoms with Crippen LogP contribution in [0.25, 0.3) is 0 Å². The van der Waals surface area contributed by atoms with Crippen LogP contribution in [0.5, 0.6) is 5.75 Å². The molecule has 0 aliphatic rings. The van der Waals surface area contributed by atoms with Crippen LogP contribution in [0, 0.1) is 0 Å². The molecule has 28 heavy (non-hydrogen) atoms. The van der Waals surface area contributed by atoms with Crippen molar-refractivity contribution in [1.29, 1.82) is 0 Å². The second-order valence-electron chi connectivity index (χ2n) is 7.72. The Labute approximate surface area is 178 Å². The molecule has 0 bridgehead atoms. The molecule has 1 N–H and O–H groups in total. The van der Waals surface area contributed by atoms with Crippen molar-refractivity contribution >= 4 is 29.3 Å². The zero-order valence-corrected chi connectivity index (χ0v) is 18.7. The van der Waals surface area contributed by atoms with E-state index in [1.807, 2.05) is 43.3 Å². The number of thioether (sulfide) groups is 1. The number of carbonyl (C=O) groups excluding carboxylic acids is 1. The van der Waals surface area contributed by atoms with Crippen molar-refractivity contribution in [3.63, 3.8) is 0 Å². The Morgan fingerprint density at radius 1 is 1.14 bits per heavy atom. The van der Waals surface area contributed by atoms with Crippen LogP contribution in [0.1, 0.15) is 45.2 Å². The van der Waals surface area contributed by atoms with Crippen LogP contribution in [-0.2, 0) is 16.0 Å². The second kappa shape index (κ2) is 10.8. The van der Waals surface area contributed by atoms with Gasteiger partial charge in [0.15, 0.2) is 6.10 Å². The van der Waals surface area contributed by atoms with Crippen LogP contribution in [0.15, 0.2) is 48.5 Å². The van der Waals surface area contributed by atoms with E-state index in [9.17, 15) is 4.79 Å². The van der Waals surface area contributed by atoms with Gasteiger partial charge in [0.05, 0.1) is 0 Å². The molecule has 5 heteroatoms. The summed E-state index contributed by atoms with van der Waals surface area (Å²) in [4.78, 5) is 12.4. The van der Waals surface area contributed by atoms with Crippen LogP contribution in [-0.4, -0.2) is 24.3 Å². The van der Waals surface area contributed by atoms with E-state index in [4.69, 9.17) is 16.3 Å². The average molecular weight is 420 g/mol. The molecule has 1 atom stereocenters. The van der Waals surface area contributed by atoms with Crippen LogP contribution in [0.3, 0.4) is 0 Å². The third-order valence-corrected chi connectivity index (χ3v) is 5.80. The van der Waals surface area contributed by atoms with E-state index in [2.05, 4.69) is 38.2 Å². The van der Waals surface area contributed by atoms with Gasteiger partial charge >= 0.3 is 0 Å². The number of rotatable bonds is 9. The van der Waals surface area contributed by atoms with Gasteiger partial charge < -0.3 is 10.1 Å². The van der Waals surface area contributed by atoms with Gasteiger partial charge in [0.1, 0.15) is 5.75 Å². The first kappa shape index (κ1) is 22.6. The Bertz CT molecular complexity index is 756. The van der Waals surface area contributed by atoms with E-state index in [0.717, 1.165) is 27.8 Å². The number of benzene rings is 2. The molecule has 2 aromatic rings. The third kappa shape index (κ3) is 7.06. The zero-order chi connectivity index (χ0) is 20.6. The van der Waals surface area contributed by atoms with Crippen molar-refractivity contribution < 1.29 is 9.53 Å². The smallest absolute Gasteiger partial charge is 0.261 e. The second-order valence-corrected chi connectivity index (χ2v) is 9.24. The first-order valence-electron chi connectivity index (χ1n) is 9.67. The highest BCUT2D eigenvalue weighted by Gasteiger charge is 2.19. The van der Waals surface area contributed by atoms with E-state index >= 15 is 0 Å². The SMILES string of the molecule is CC[C@H](Oc1ccc(C(C)(C)C)cc1)C(=O)NCCSCc1ccccc1Cl. The predicted molar refractivity (Wildman–Crippen MR) is 120 cm³/mol. The Kier molecular flexibility index (Phi) is 8.71. The summed E-state index contributed by atoms with van der Waals surface area (Å²) < 4.78 is 5.90.